The number of aryl methyl sites for hydroxylation is 1. The van der Waals surface area contributed by atoms with Gasteiger partial charge in [0.1, 0.15) is 10.7 Å². The van der Waals surface area contributed by atoms with E-state index in [9.17, 15) is 0 Å². The van der Waals surface area contributed by atoms with E-state index < -0.39 is 0 Å². The molecule has 2 heterocycles. The van der Waals surface area contributed by atoms with Gasteiger partial charge in [-0.2, -0.15) is 0 Å². The number of imidazole rings is 1. The minimum Gasteiger partial charge on any atom is -0.278 e. The molecule has 0 unspecified atom stereocenters. The van der Waals surface area contributed by atoms with Gasteiger partial charge in [0.2, 0.25) is 5.78 Å². The van der Waals surface area contributed by atoms with E-state index in [1.807, 2.05) is 30.5 Å². The van der Waals surface area contributed by atoms with Crippen LogP contribution in [0.3, 0.4) is 0 Å². The number of nitrogens with zero attached hydrogens (tertiary/aromatic N) is 3. The number of hydrogen-bond donors (Lipinski definition) is 0. The summed E-state index contributed by atoms with van der Waals surface area (Å²) in [5.41, 5.74) is 3.43. The van der Waals surface area contributed by atoms with Gasteiger partial charge in [0, 0.05) is 22.9 Å². The Balaban J connectivity index is 1.83. The van der Waals surface area contributed by atoms with Crippen molar-refractivity contribution in [3.63, 3.8) is 0 Å². The zero-order valence-electron chi connectivity index (χ0n) is 13.4. The summed E-state index contributed by atoms with van der Waals surface area (Å²) in [5, 5.41) is 1.09. The van der Waals surface area contributed by atoms with E-state index in [4.69, 9.17) is 4.98 Å². The molecule has 2 aromatic heterocycles. The summed E-state index contributed by atoms with van der Waals surface area (Å²) in [4.78, 5) is 10.3. The third-order valence-electron chi connectivity index (χ3n) is 3.95. The highest BCUT2D eigenvalue weighted by atomic mass is 32.2. The van der Waals surface area contributed by atoms with Gasteiger partial charge in [0.15, 0.2) is 0 Å². The molecule has 2 aromatic carbocycles. The molecule has 0 N–H and O–H groups in total. The standard InChI is InChI=1S/C20H17N3S/c1-2-15-9-11-17(12-10-15)24-19-18(16-7-4-3-5-8-16)22-20-21-13-6-14-23(19)20/h3-14H,2H2,1H3. The normalized spacial score (nSPS) is 11.0. The van der Waals surface area contributed by atoms with Crippen molar-refractivity contribution in [2.45, 2.75) is 23.3 Å². The number of rotatable bonds is 4. The SMILES string of the molecule is CCc1ccc(Sc2c(-c3ccccc3)nc3ncccn23)cc1. The summed E-state index contributed by atoms with van der Waals surface area (Å²) in [6.45, 7) is 2.17. The first kappa shape index (κ1) is 15.0. The van der Waals surface area contributed by atoms with Crippen LogP contribution in [0.1, 0.15) is 12.5 Å². The minimum atomic E-state index is 0.726. The highest BCUT2D eigenvalue weighted by Gasteiger charge is 2.15. The van der Waals surface area contributed by atoms with Gasteiger partial charge in [0.05, 0.1) is 0 Å². The first-order valence-electron chi connectivity index (χ1n) is 8.00. The van der Waals surface area contributed by atoms with Crippen LogP contribution in [0.4, 0.5) is 0 Å². The summed E-state index contributed by atoms with van der Waals surface area (Å²) >= 11 is 1.72. The fourth-order valence-electron chi connectivity index (χ4n) is 2.65. The maximum absolute atomic E-state index is 4.74. The molecule has 0 atom stereocenters. The molecule has 0 fully saturated rings. The number of fused-ring (bicyclic) bond motifs is 1. The number of hydrogen-bond acceptors (Lipinski definition) is 3. The Bertz CT molecular complexity index is 959. The van der Waals surface area contributed by atoms with Crippen molar-refractivity contribution >= 4 is 17.5 Å². The van der Waals surface area contributed by atoms with E-state index in [2.05, 4.69) is 52.7 Å². The molecule has 0 amide bonds. The Labute approximate surface area is 145 Å². The molecule has 0 aliphatic heterocycles. The Morgan fingerprint density at radius 3 is 2.50 bits per heavy atom. The summed E-state index contributed by atoms with van der Waals surface area (Å²) < 4.78 is 2.06. The van der Waals surface area contributed by atoms with Crippen LogP contribution in [0.2, 0.25) is 0 Å². The molecule has 118 valence electrons. The predicted octanol–water partition coefficient (Wildman–Crippen LogP) is 5.11. The van der Waals surface area contributed by atoms with Crippen molar-refractivity contribution in [3.05, 3.63) is 78.6 Å². The van der Waals surface area contributed by atoms with Crippen LogP contribution in [0.5, 0.6) is 0 Å². The van der Waals surface area contributed by atoms with Crippen LogP contribution < -0.4 is 0 Å². The average molecular weight is 331 g/mol. The van der Waals surface area contributed by atoms with Crippen molar-refractivity contribution in [3.8, 4) is 11.3 Å². The highest BCUT2D eigenvalue weighted by Crippen LogP contribution is 2.36. The molecule has 3 nitrogen and oxygen atoms in total. The Morgan fingerprint density at radius 2 is 1.75 bits per heavy atom. The van der Waals surface area contributed by atoms with Crippen molar-refractivity contribution < 1.29 is 0 Å². The quantitative estimate of drug-likeness (QED) is 0.520. The van der Waals surface area contributed by atoms with Crippen molar-refractivity contribution in [2.75, 3.05) is 0 Å². The van der Waals surface area contributed by atoms with Gasteiger partial charge in [-0.15, -0.1) is 0 Å². The van der Waals surface area contributed by atoms with Gasteiger partial charge < -0.3 is 0 Å². The van der Waals surface area contributed by atoms with Crippen LogP contribution in [0, 0.1) is 0 Å². The summed E-state index contributed by atoms with van der Waals surface area (Å²) in [7, 11) is 0. The lowest BCUT2D eigenvalue weighted by atomic mass is 10.2. The van der Waals surface area contributed by atoms with E-state index in [1.165, 1.54) is 10.5 Å². The fraction of sp³-hybridized carbons (Fsp3) is 0.100. The van der Waals surface area contributed by atoms with Gasteiger partial charge in [0.25, 0.3) is 0 Å². The Hall–Kier alpha value is -2.59. The van der Waals surface area contributed by atoms with Crippen LogP contribution in [0.15, 0.2) is 83.0 Å². The topological polar surface area (TPSA) is 30.2 Å². The van der Waals surface area contributed by atoms with Crippen molar-refractivity contribution in [2.24, 2.45) is 0 Å². The second-order valence-electron chi connectivity index (χ2n) is 5.52. The van der Waals surface area contributed by atoms with Crippen molar-refractivity contribution in [1.29, 1.82) is 0 Å². The van der Waals surface area contributed by atoms with Crippen LogP contribution in [-0.2, 0) is 6.42 Å². The molecule has 0 saturated carbocycles. The second kappa shape index (κ2) is 6.49. The van der Waals surface area contributed by atoms with E-state index in [0.29, 0.717) is 0 Å². The average Bonchev–Trinajstić information content (AvgIpc) is 3.02. The molecule has 4 rings (SSSR count). The molecular weight excluding hydrogens is 314 g/mol. The summed E-state index contributed by atoms with van der Waals surface area (Å²) in [5.74, 6) is 0.726. The summed E-state index contributed by atoms with van der Waals surface area (Å²) in [6.07, 6.45) is 4.85. The van der Waals surface area contributed by atoms with Crippen LogP contribution >= 0.6 is 11.8 Å². The molecule has 24 heavy (non-hydrogen) atoms. The molecular formula is C20H17N3S. The largest absolute Gasteiger partial charge is 0.278 e. The molecule has 4 aromatic rings. The first-order valence-corrected chi connectivity index (χ1v) is 8.82. The lowest BCUT2D eigenvalue weighted by molar-refractivity contribution is 1.01. The third kappa shape index (κ3) is 2.81. The second-order valence-corrected chi connectivity index (χ2v) is 6.58. The van der Waals surface area contributed by atoms with E-state index in [1.54, 1.807) is 18.0 Å². The van der Waals surface area contributed by atoms with E-state index in [0.717, 1.165) is 28.5 Å². The minimum absolute atomic E-state index is 0.726. The molecule has 0 bridgehead atoms. The van der Waals surface area contributed by atoms with Gasteiger partial charge in [-0.25, -0.2) is 9.97 Å². The van der Waals surface area contributed by atoms with Gasteiger partial charge in [-0.05, 0) is 30.2 Å². The molecule has 4 heteroatoms. The molecule has 0 spiro atoms. The Morgan fingerprint density at radius 1 is 0.958 bits per heavy atom. The third-order valence-corrected chi connectivity index (χ3v) is 5.04. The maximum Gasteiger partial charge on any atom is 0.235 e. The highest BCUT2D eigenvalue weighted by molar-refractivity contribution is 7.99. The molecule has 0 aliphatic carbocycles. The van der Waals surface area contributed by atoms with Gasteiger partial charge in [-0.3, -0.25) is 4.40 Å². The Kier molecular flexibility index (Phi) is 4.05. The van der Waals surface area contributed by atoms with E-state index >= 15 is 0 Å². The maximum atomic E-state index is 4.74. The van der Waals surface area contributed by atoms with Crippen molar-refractivity contribution in [1.82, 2.24) is 14.4 Å². The predicted molar refractivity (Wildman–Crippen MR) is 98.4 cm³/mol. The molecule has 0 aliphatic rings. The zero-order valence-corrected chi connectivity index (χ0v) is 14.2. The lowest BCUT2D eigenvalue weighted by Crippen LogP contribution is -1.88. The van der Waals surface area contributed by atoms with Gasteiger partial charge >= 0.3 is 0 Å². The zero-order chi connectivity index (χ0) is 16.4. The molecule has 0 radical (unpaired) electrons. The molecule has 0 saturated heterocycles. The monoisotopic (exact) mass is 331 g/mol. The number of aromatic nitrogens is 3. The fourth-order valence-corrected chi connectivity index (χ4v) is 3.65. The lowest BCUT2D eigenvalue weighted by Gasteiger charge is -2.06. The smallest absolute Gasteiger partial charge is 0.235 e. The van der Waals surface area contributed by atoms with Crippen LogP contribution in [0.25, 0.3) is 17.0 Å². The first-order chi connectivity index (χ1) is 11.8. The van der Waals surface area contributed by atoms with E-state index in [-0.39, 0.29) is 0 Å². The number of benzene rings is 2. The van der Waals surface area contributed by atoms with Gasteiger partial charge in [-0.1, -0.05) is 61.2 Å². The summed E-state index contributed by atoms with van der Waals surface area (Å²) in [6, 6.07) is 20.9. The van der Waals surface area contributed by atoms with Crippen LogP contribution in [-0.4, -0.2) is 14.4 Å².